The minimum atomic E-state index is -1.24. The molecule has 0 aliphatic rings. The first kappa shape index (κ1) is 16.7. The Morgan fingerprint density at radius 2 is 1.96 bits per heavy atom. The molecular formula is C20H17N2O3-. The number of carbonyl (C=O) groups is 1. The number of carboxylic acid groups (broad SMARTS) is 1. The van der Waals surface area contributed by atoms with Crippen LogP contribution in [0.5, 0.6) is 0 Å². The molecule has 0 spiro atoms. The van der Waals surface area contributed by atoms with Gasteiger partial charge in [-0.05, 0) is 49.6 Å². The van der Waals surface area contributed by atoms with Crippen LogP contribution in [0.4, 0.5) is 0 Å². The molecule has 0 amide bonds. The SMILES string of the molecule is CCC(C(=O)[O-])n1c2ccccc2c(=O)c2cc(C)c(C)c(C#N)c21. The van der Waals surface area contributed by atoms with Crippen LogP contribution in [0.15, 0.2) is 35.1 Å². The number of carboxylic acids is 1. The summed E-state index contributed by atoms with van der Waals surface area (Å²) in [6.45, 7) is 5.38. The van der Waals surface area contributed by atoms with E-state index < -0.39 is 12.0 Å². The van der Waals surface area contributed by atoms with Gasteiger partial charge in [0.2, 0.25) is 0 Å². The zero-order valence-corrected chi connectivity index (χ0v) is 14.3. The Balaban J connectivity index is 2.73. The number of hydrogen-bond donors (Lipinski definition) is 0. The lowest BCUT2D eigenvalue weighted by atomic mass is 9.96. The Labute approximate surface area is 144 Å². The molecule has 1 aromatic heterocycles. The number of rotatable bonds is 3. The summed E-state index contributed by atoms with van der Waals surface area (Å²) in [5.41, 5.74) is 2.56. The van der Waals surface area contributed by atoms with E-state index in [-0.39, 0.29) is 11.8 Å². The molecule has 3 rings (SSSR count). The summed E-state index contributed by atoms with van der Waals surface area (Å²) in [6, 6.07) is 9.80. The highest BCUT2D eigenvalue weighted by Crippen LogP contribution is 2.30. The third-order valence-electron chi connectivity index (χ3n) is 4.80. The van der Waals surface area contributed by atoms with Crippen LogP contribution < -0.4 is 10.5 Å². The minimum Gasteiger partial charge on any atom is -0.548 e. The number of fused-ring (bicyclic) bond motifs is 2. The van der Waals surface area contributed by atoms with E-state index in [2.05, 4.69) is 6.07 Å². The standard InChI is InChI=1S/C20H18N2O3/c1-4-16(20(24)25)22-17-8-6-5-7-13(17)19(23)14-9-11(2)12(3)15(10-21)18(14)22/h5-9,16H,4H2,1-3H3,(H,24,25)/p-1. The number of hydrogen-bond acceptors (Lipinski definition) is 4. The molecule has 0 saturated carbocycles. The fraction of sp³-hybridized carbons (Fsp3) is 0.250. The number of aliphatic carboxylic acids is 1. The summed E-state index contributed by atoms with van der Waals surface area (Å²) in [6.07, 6.45) is 0.280. The van der Waals surface area contributed by atoms with Gasteiger partial charge < -0.3 is 14.5 Å². The predicted molar refractivity (Wildman–Crippen MR) is 94.2 cm³/mol. The molecular weight excluding hydrogens is 316 g/mol. The summed E-state index contributed by atoms with van der Waals surface area (Å²) >= 11 is 0. The monoisotopic (exact) mass is 333 g/mol. The van der Waals surface area contributed by atoms with Crippen LogP contribution >= 0.6 is 0 Å². The summed E-state index contributed by atoms with van der Waals surface area (Å²) in [4.78, 5) is 24.7. The van der Waals surface area contributed by atoms with E-state index in [9.17, 15) is 20.0 Å². The quantitative estimate of drug-likeness (QED) is 0.689. The third kappa shape index (κ3) is 2.38. The second-order valence-corrected chi connectivity index (χ2v) is 6.16. The third-order valence-corrected chi connectivity index (χ3v) is 4.80. The van der Waals surface area contributed by atoms with Gasteiger partial charge in [0.05, 0.1) is 28.6 Å². The summed E-state index contributed by atoms with van der Waals surface area (Å²) in [5.74, 6) is -1.24. The first-order valence-electron chi connectivity index (χ1n) is 8.10. The minimum absolute atomic E-state index is 0.199. The van der Waals surface area contributed by atoms with E-state index in [0.29, 0.717) is 27.4 Å². The van der Waals surface area contributed by atoms with Crippen molar-refractivity contribution in [1.29, 1.82) is 5.26 Å². The predicted octanol–water partition coefficient (Wildman–Crippen LogP) is 2.34. The fourth-order valence-corrected chi connectivity index (χ4v) is 3.38. The van der Waals surface area contributed by atoms with Gasteiger partial charge in [-0.2, -0.15) is 5.26 Å². The smallest absolute Gasteiger partial charge is 0.197 e. The maximum atomic E-state index is 13.0. The zero-order valence-electron chi connectivity index (χ0n) is 14.3. The van der Waals surface area contributed by atoms with Crippen LogP contribution in [0, 0.1) is 25.2 Å². The number of aryl methyl sites for hydroxylation is 1. The Morgan fingerprint density at radius 1 is 1.28 bits per heavy atom. The van der Waals surface area contributed by atoms with E-state index >= 15 is 0 Å². The lowest BCUT2D eigenvalue weighted by molar-refractivity contribution is -0.310. The number of carbonyl (C=O) groups excluding carboxylic acids is 1. The van der Waals surface area contributed by atoms with Gasteiger partial charge in [0, 0.05) is 10.8 Å². The van der Waals surface area contributed by atoms with Gasteiger partial charge in [0.1, 0.15) is 6.07 Å². The van der Waals surface area contributed by atoms with Crippen molar-refractivity contribution in [2.75, 3.05) is 0 Å². The summed E-state index contributed by atoms with van der Waals surface area (Å²) in [7, 11) is 0. The van der Waals surface area contributed by atoms with E-state index in [0.717, 1.165) is 11.1 Å². The van der Waals surface area contributed by atoms with Crippen LogP contribution in [0.25, 0.3) is 21.8 Å². The largest absolute Gasteiger partial charge is 0.548 e. The highest BCUT2D eigenvalue weighted by Gasteiger charge is 2.21. The maximum absolute atomic E-state index is 13.0. The van der Waals surface area contributed by atoms with Crippen molar-refractivity contribution in [2.45, 2.75) is 33.2 Å². The Bertz CT molecular complexity index is 1120. The molecule has 0 N–H and O–H groups in total. The molecule has 0 aliphatic carbocycles. The molecule has 0 fully saturated rings. The van der Waals surface area contributed by atoms with Gasteiger partial charge in [-0.25, -0.2) is 0 Å². The molecule has 5 heteroatoms. The number of para-hydroxylation sites is 1. The number of pyridine rings is 1. The number of nitriles is 1. The summed E-state index contributed by atoms with van der Waals surface area (Å²) < 4.78 is 1.58. The van der Waals surface area contributed by atoms with Gasteiger partial charge >= 0.3 is 0 Å². The Kier molecular flexibility index (Phi) is 4.05. The van der Waals surface area contributed by atoms with E-state index in [1.165, 1.54) is 0 Å². The molecule has 0 radical (unpaired) electrons. The van der Waals surface area contributed by atoms with Crippen LogP contribution in [0.1, 0.15) is 36.1 Å². The average molecular weight is 333 g/mol. The van der Waals surface area contributed by atoms with Crippen LogP contribution in [0.2, 0.25) is 0 Å². The zero-order chi connectivity index (χ0) is 18.3. The van der Waals surface area contributed by atoms with E-state index in [1.54, 1.807) is 48.7 Å². The van der Waals surface area contributed by atoms with Crippen molar-refractivity contribution in [3.63, 3.8) is 0 Å². The lowest BCUT2D eigenvalue weighted by Gasteiger charge is -2.26. The second kappa shape index (κ2) is 6.06. The van der Waals surface area contributed by atoms with Gasteiger partial charge in [-0.15, -0.1) is 0 Å². The van der Waals surface area contributed by atoms with Crippen molar-refractivity contribution in [2.24, 2.45) is 0 Å². The van der Waals surface area contributed by atoms with Crippen LogP contribution in [-0.4, -0.2) is 10.5 Å². The molecule has 1 atom stereocenters. The van der Waals surface area contributed by atoms with Crippen LogP contribution in [0.3, 0.4) is 0 Å². The van der Waals surface area contributed by atoms with Crippen molar-refractivity contribution in [1.82, 2.24) is 4.57 Å². The highest BCUT2D eigenvalue weighted by molar-refractivity contribution is 5.98. The van der Waals surface area contributed by atoms with E-state index in [4.69, 9.17) is 0 Å². The first-order chi connectivity index (χ1) is 11.9. The van der Waals surface area contributed by atoms with Crippen molar-refractivity contribution < 1.29 is 9.90 Å². The molecule has 0 saturated heterocycles. The lowest BCUT2D eigenvalue weighted by Crippen LogP contribution is -2.34. The molecule has 5 nitrogen and oxygen atoms in total. The molecule has 0 aliphatic heterocycles. The van der Waals surface area contributed by atoms with Gasteiger partial charge in [-0.1, -0.05) is 19.1 Å². The number of aromatic nitrogens is 1. The number of benzene rings is 2. The topological polar surface area (TPSA) is 85.9 Å². The van der Waals surface area contributed by atoms with Crippen LogP contribution in [-0.2, 0) is 4.79 Å². The maximum Gasteiger partial charge on any atom is 0.197 e. The molecule has 2 aromatic carbocycles. The molecule has 25 heavy (non-hydrogen) atoms. The Hall–Kier alpha value is -3.13. The first-order valence-corrected chi connectivity index (χ1v) is 8.10. The Morgan fingerprint density at radius 3 is 2.56 bits per heavy atom. The average Bonchev–Trinajstić information content (AvgIpc) is 2.60. The van der Waals surface area contributed by atoms with Gasteiger partial charge in [-0.3, -0.25) is 4.79 Å². The van der Waals surface area contributed by atoms with Crippen molar-refractivity contribution in [3.8, 4) is 6.07 Å². The molecule has 1 unspecified atom stereocenters. The summed E-state index contributed by atoms with van der Waals surface area (Å²) in [5, 5.41) is 22.2. The second-order valence-electron chi connectivity index (χ2n) is 6.16. The normalized spacial score (nSPS) is 12.2. The van der Waals surface area contributed by atoms with E-state index in [1.807, 2.05) is 6.92 Å². The number of nitrogens with zero attached hydrogens (tertiary/aromatic N) is 2. The highest BCUT2D eigenvalue weighted by atomic mass is 16.4. The molecule has 1 heterocycles. The molecule has 0 bridgehead atoms. The van der Waals surface area contributed by atoms with Crippen molar-refractivity contribution >= 4 is 27.8 Å². The fourth-order valence-electron chi connectivity index (χ4n) is 3.38. The molecule has 3 aromatic rings. The van der Waals surface area contributed by atoms with Crippen molar-refractivity contribution in [3.05, 3.63) is 57.2 Å². The van der Waals surface area contributed by atoms with Gasteiger partial charge in [0.25, 0.3) is 0 Å². The van der Waals surface area contributed by atoms with Gasteiger partial charge in [0.15, 0.2) is 5.43 Å². The molecule has 126 valence electrons.